The molecule has 0 aliphatic carbocycles. The summed E-state index contributed by atoms with van der Waals surface area (Å²) in [6.07, 6.45) is 1.50. The lowest BCUT2D eigenvalue weighted by atomic mass is 10.2. The topological polar surface area (TPSA) is 66.4 Å². The van der Waals surface area contributed by atoms with Crippen molar-refractivity contribution < 1.29 is 23.8 Å². The van der Waals surface area contributed by atoms with Crippen LogP contribution in [0.1, 0.15) is 5.56 Å². The highest BCUT2D eigenvalue weighted by atomic mass is 79.9. The Labute approximate surface area is 154 Å². The van der Waals surface area contributed by atoms with Gasteiger partial charge in [-0.25, -0.2) is 4.79 Å². The van der Waals surface area contributed by atoms with Gasteiger partial charge in [-0.3, -0.25) is 0 Å². The molecule has 0 aromatic heterocycles. The zero-order chi connectivity index (χ0) is 17.9. The van der Waals surface area contributed by atoms with Crippen molar-refractivity contribution in [3.63, 3.8) is 0 Å². The Hall–Kier alpha value is -2.54. The fraction of sp³-hybridized carbons (Fsp3) is 0.222. The second-order valence-corrected chi connectivity index (χ2v) is 5.72. The van der Waals surface area contributed by atoms with E-state index in [0.717, 1.165) is 15.8 Å². The lowest BCUT2D eigenvalue weighted by Gasteiger charge is -2.07. The van der Waals surface area contributed by atoms with Crippen molar-refractivity contribution in [3.05, 3.63) is 58.6 Å². The number of benzene rings is 2. The number of esters is 1. The van der Waals surface area contributed by atoms with Crippen LogP contribution in [-0.2, 0) is 14.4 Å². The highest BCUT2D eigenvalue weighted by Crippen LogP contribution is 2.15. The molecule has 2 rings (SSSR count). The van der Waals surface area contributed by atoms with Crippen LogP contribution in [0.5, 0.6) is 11.5 Å². The molecule has 0 aliphatic heterocycles. The number of carbonyl (C=O) groups excluding carboxylic acids is 1. The van der Waals surface area contributed by atoms with Crippen LogP contribution in [0.2, 0.25) is 0 Å². The average Bonchev–Trinajstić information content (AvgIpc) is 2.64. The van der Waals surface area contributed by atoms with Gasteiger partial charge in [0.05, 0.1) is 13.3 Å². The predicted molar refractivity (Wildman–Crippen MR) is 97.1 cm³/mol. The maximum absolute atomic E-state index is 11.5. The first-order valence-corrected chi connectivity index (χ1v) is 8.30. The van der Waals surface area contributed by atoms with E-state index < -0.39 is 5.97 Å². The Kier molecular flexibility index (Phi) is 7.78. The maximum atomic E-state index is 11.5. The number of halogens is 1. The van der Waals surface area contributed by atoms with E-state index in [2.05, 4.69) is 21.1 Å². The normalized spacial score (nSPS) is 10.5. The van der Waals surface area contributed by atoms with Gasteiger partial charge < -0.3 is 19.0 Å². The van der Waals surface area contributed by atoms with Crippen LogP contribution in [0.25, 0.3) is 0 Å². The lowest BCUT2D eigenvalue weighted by molar-refractivity contribution is -0.149. The Morgan fingerprint density at radius 1 is 1.04 bits per heavy atom. The molecule has 0 heterocycles. The van der Waals surface area contributed by atoms with E-state index >= 15 is 0 Å². The number of nitrogens with zero attached hydrogens (tertiary/aromatic N) is 1. The zero-order valence-electron chi connectivity index (χ0n) is 13.7. The van der Waals surface area contributed by atoms with Gasteiger partial charge in [0, 0.05) is 4.47 Å². The summed E-state index contributed by atoms with van der Waals surface area (Å²) in [5.41, 5.74) is 0.831. The quantitative estimate of drug-likeness (QED) is 0.275. The van der Waals surface area contributed by atoms with Crippen LogP contribution >= 0.6 is 15.9 Å². The maximum Gasteiger partial charge on any atom is 0.347 e. The minimum absolute atomic E-state index is 0.139. The third-order valence-corrected chi connectivity index (χ3v) is 3.53. The molecular weight excluding hydrogens is 390 g/mol. The first kappa shape index (κ1) is 18.8. The molecule has 0 aliphatic rings. The molecule has 0 radical (unpaired) electrons. The van der Waals surface area contributed by atoms with Gasteiger partial charge in [-0.05, 0) is 54.1 Å². The molecule has 0 saturated carbocycles. The summed E-state index contributed by atoms with van der Waals surface area (Å²) in [7, 11) is 1.60. The van der Waals surface area contributed by atoms with E-state index in [4.69, 9.17) is 19.0 Å². The largest absolute Gasteiger partial charge is 0.497 e. The van der Waals surface area contributed by atoms with Crippen LogP contribution in [0, 0.1) is 0 Å². The number of ether oxygens (including phenoxy) is 3. The van der Waals surface area contributed by atoms with Crippen molar-refractivity contribution in [1.29, 1.82) is 0 Å². The summed E-state index contributed by atoms with van der Waals surface area (Å²) in [6.45, 7) is 0.147. The van der Waals surface area contributed by atoms with Crippen LogP contribution < -0.4 is 9.47 Å². The predicted octanol–water partition coefficient (Wildman–Crippen LogP) is 3.43. The van der Waals surface area contributed by atoms with E-state index in [1.165, 1.54) is 6.21 Å². The molecule has 0 fully saturated rings. The number of rotatable bonds is 9. The number of carbonyl (C=O) groups is 1. The molecule has 0 amide bonds. The van der Waals surface area contributed by atoms with Crippen molar-refractivity contribution in [2.24, 2.45) is 5.16 Å². The summed E-state index contributed by atoms with van der Waals surface area (Å²) < 4.78 is 16.4. The number of oxime groups is 1. The molecule has 0 bridgehead atoms. The van der Waals surface area contributed by atoms with Crippen molar-refractivity contribution >= 4 is 28.1 Å². The van der Waals surface area contributed by atoms with Crippen LogP contribution in [0.4, 0.5) is 0 Å². The highest BCUT2D eigenvalue weighted by molar-refractivity contribution is 9.10. The molecule has 0 N–H and O–H groups in total. The fourth-order valence-electron chi connectivity index (χ4n) is 1.77. The van der Waals surface area contributed by atoms with Gasteiger partial charge in [0.25, 0.3) is 0 Å². The van der Waals surface area contributed by atoms with Gasteiger partial charge >= 0.3 is 5.97 Å². The van der Waals surface area contributed by atoms with Crippen molar-refractivity contribution in [2.75, 3.05) is 26.9 Å². The zero-order valence-corrected chi connectivity index (χ0v) is 15.3. The summed E-state index contributed by atoms with van der Waals surface area (Å²) in [4.78, 5) is 16.4. The fourth-order valence-corrected chi connectivity index (χ4v) is 2.03. The number of hydrogen-bond acceptors (Lipinski definition) is 6. The van der Waals surface area contributed by atoms with E-state index in [0.29, 0.717) is 5.75 Å². The van der Waals surface area contributed by atoms with Gasteiger partial charge in [0.1, 0.15) is 24.7 Å². The second kappa shape index (κ2) is 10.4. The molecule has 0 unspecified atom stereocenters. The molecule has 2 aromatic rings. The third kappa shape index (κ3) is 7.26. The average molecular weight is 408 g/mol. The smallest absolute Gasteiger partial charge is 0.347 e. The molecule has 25 heavy (non-hydrogen) atoms. The summed E-state index contributed by atoms with van der Waals surface area (Å²) in [6, 6.07) is 14.6. The molecule has 0 spiro atoms. The van der Waals surface area contributed by atoms with Crippen molar-refractivity contribution in [3.8, 4) is 11.5 Å². The minimum atomic E-state index is -0.508. The van der Waals surface area contributed by atoms with Crippen LogP contribution in [-0.4, -0.2) is 39.1 Å². The Morgan fingerprint density at radius 3 is 2.40 bits per heavy atom. The summed E-state index contributed by atoms with van der Waals surface area (Å²) in [5.74, 6) is 0.956. The number of hydrogen-bond donors (Lipinski definition) is 0. The first-order chi connectivity index (χ1) is 12.2. The standard InChI is InChI=1S/C18H18BrNO5/c1-22-16-6-2-14(3-7-16)12-20-25-13-18(21)24-11-10-23-17-8-4-15(19)5-9-17/h2-9,12H,10-11,13H2,1H3/b20-12-. The van der Waals surface area contributed by atoms with E-state index in [1.54, 1.807) is 19.2 Å². The monoisotopic (exact) mass is 407 g/mol. The Bertz CT molecular complexity index is 686. The second-order valence-electron chi connectivity index (χ2n) is 4.80. The molecule has 0 atom stereocenters. The SMILES string of the molecule is COc1ccc(/C=N\OCC(=O)OCCOc2ccc(Br)cc2)cc1. The van der Waals surface area contributed by atoms with Gasteiger partial charge in [-0.1, -0.05) is 21.1 Å². The van der Waals surface area contributed by atoms with Crippen LogP contribution in [0.3, 0.4) is 0 Å². The first-order valence-electron chi connectivity index (χ1n) is 7.51. The molecule has 0 saturated heterocycles. The van der Waals surface area contributed by atoms with Gasteiger partial charge in [0.2, 0.25) is 6.61 Å². The Morgan fingerprint density at radius 2 is 1.72 bits per heavy atom. The summed E-state index contributed by atoms with van der Waals surface area (Å²) >= 11 is 3.34. The molecule has 132 valence electrons. The molecular formula is C18H18BrNO5. The summed E-state index contributed by atoms with van der Waals surface area (Å²) in [5, 5.41) is 3.72. The number of methoxy groups -OCH3 is 1. The molecule has 7 heteroatoms. The molecule has 2 aromatic carbocycles. The van der Waals surface area contributed by atoms with E-state index in [-0.39, 0.29) is 19.8 Å². The highest BCUT2D eigenvalue weighted by Gasteiger charge is 2.03. The minimum Gasteiger partial charge on any atom is -0.497 e. The van der Waals surface area contributed by atoms with Gasteiger partial charge in [0.15, 0.2) is 0 Å². The van der Waals surface area contributed by atoms with Crippen molar-refractivity contribution in [2.45, 2.75) is 0 Å². The van der Waals surface area contributed by atoms with Crippen molar-refractivity contribution in [1.82, 2.24) is 0 Å². The Balaban J connectivity index is 1.58. The van der Waals surface area contributed by atoms with Crippen LogP contribution in [0.15, 0.2) is 58.2 Å². The third-order valence-electron chi connectivity index (χ3n) is 3.00. The van der Waals surface area contributed by atoms with Gasteiger partial charge in [-0.2, -0.15) is 0 Å². The van der Waals surface area contributed by atoms with E-state index in [1.807, 2.05) is 36.4 Å². The van der Waals surface area contributed by atoms with Gasteiger partial charge in [-0.15, -0.1) is 0 Å². The van der Waals surface area contributed by atoms with E-state index in [9.17, 15) is 4.79 Å². The lowest BCUT2D eigenvalue weighted by Crippen LogP contribution is -2.15. The molecule has 6 nitrogen and oxygen atoms in total.